The number of quaternary nitrogens is 1. The normalized spacial score (nSPS) is 11.1. The summed E-state index contributed by atoms with van der Waals surface area (Å²) in [5.41, 5.74) is 1.29. The van der Waals surface area contributed by atoms with Gasteiger partial charge in [0, 0.05) is 0 Å². The molecule has 1 aromatic rings. The van der Waals surface area contributed by atoms with Crippen molar-refractivity contribution in [1.82, 2.24) is 0 Å². The molecule has 0 saturated carbocycles. The van der Waals surface area contributed by atoms with E-state index in [1.165, 1.54) is 37.8 Å². The van der Waals surface area contributed by atoms with Gasteiger partial charge in [0.2, 0.25) is 0 Å². The summed E-state index contributed by atoms with van der Waals surface area (Å²) in [7, 11) is 0. The van der Waals surface area contributed by atoms with Crippen LogP contribution in [-0.2, 0) is 0 Å². The van der Waals surface area contributed by atoms with Crippen molar-refractivity contribution in [1.29, 1.82) is 0 Å². The van der Waals surface area contributed by atoms with Gasteiger partial charge in [0.1, 0.15) is 0 Å². The maximum absolute atomic E-state index is 2.38. The SMILES string of the molecule is CCCCCC[NH2+]C/C=C/c1ccccc1. The largest absolute Gasteiger partial charge is 0.343 e. The molecule has 1 rings (SSSR count). The van der Waals surface area contributed by atoms with E-state index in [1.807, 2.05) is 0 Å². The molecule has 2 N–H and O–H groups in total. The number of benzene rings is 1. The van der Waals surface area contributed by atoms with Crippen molar-refractivity contribution in [3.63, 3.8) is 0 Å². The highest BCUT2D eigenvalue weighted by molar-refractivity contribution is 5.48. The molecule has 0 amide bonds. The summed E-state index contributed by atoms with van der Waals surface area (Å²) in [6.07, 6.45) is 9.89. The van der Waals surface area contributed by atoms with Crippen LogP contribution in [0.5, 0.6) is 0 Å². The Balaban J connectivity index is 2.01. The highest BCUT2D eigenvalue weighted by atomic mass is 14.8. The third kappa shape index (κ3) is 6.41. The smallest absolute Gasteiger partial charge is 0.0945 e. The molecule has 0 aliphatic carbocycles. The lowest BCUT2D eigenvalue weighted by Crippen LogP contribution is -2.83. The predicted molar refractivity (Wildman–Crippen MR) is 71.3 cm³/mol. The van der Waals surface area contributed by atoms with Crippen LogP contribution in [-0.4, -0.2) is 13.1 Å². The zero-order chi connectivity index (χ0) is 11.5. The third-order valence-corrected chi connectivity index (χ3v) is 2.67. The van der Waals surface area contributed by atoms with Crippen LogP contribution in [0.1, 0.15) is 38.2 Å². The molecule has 0 heterocycles. The summed E-state index contributed by atoms with van der Waals surface area (Å²) in [4.78, 5) is 0. The van der Waals surface area contributed by atoms with Gasteiger partial charge in [-0.25, -0.2) is 0 Å². The van der Waals surface area contributed by atoms with E-state index >= 15 is 0 Å². The Morgan fingerprint density at radius 1 is 1.06 bits per heavy atom. The Morgan fingerprint density at radius 3 is 2.62 bits per heavy atom. The standard InChI is InChI=1S/C15H23N/c1-2-3-4-8-13-16-14-9-12-15-10-6-5-7-11-15/h5-7,9-12,16H,2-4,8,13-14H2,1H3/p+1/b12-9+. The van der Waals surface area contributed by atoms with E-state index in [0.29, 0.717) is 0 Å². The molecule has 0 fully saturated rings. The topological polar surface area (TPSA) is 16.6 Å². The molecular formula is C15H24N+. The van der Waals surface area contributed by atoms with E-state index < -0.39 is 0 Å². The molecule has 16 heavy (non-hydrogen) atoms. The van der Waals surface area contributed by atoms with Crippen molar-refractivity contribution < 1.29 is 5.32 Å². The molecule has 0 spiro atoms. The zero-order valence-electron chi connectivity index (χ0n) is 10.4. The molecule has 1 aromatic carbocycles. The molecule has 1 nitrogen and oxygen atoms in total. The first-order valence-electron chi connectivity index (χ1n) is 6.46. The minimum Gasteiger partial charge on any atom is -0.343 e. The molecular weight excluding hydrogens is 194 g/mol. The molecule has 0 bridgehead atoms. The van der Waals surface area contributed by atoms with Crippen molar-refractivity contribution in [3.05, 3.63) is 42.0 Å². The Hall–Kier alpha value is -1.08. The minimum absolute atomic E-state index is 1.10. The Morgan fingerprint density at radius 2 is 1.88 bits per heavy atom. The molecule has 1 heteroatoms. The molecule has 0 radical (unpaired) electrons. The number of nitrogens with two attached hydrogens (primary N) is 1. The van der Waals surface area contributed by atoms with Crippen molar-refractivity contribution in [3.8, 4) is 0 Å². The molecule has 0 unspecified atom stereocenters. The van der Waals surface area contributed by atoms with Gasteiger partial charge in [0.15, 0.2) is 0 Å². The molecule has 0 aromatic heterocycles. The highest BCUT2D eigenvalue weighted by Crippen LogP contribution is 1.99. The van der Waals surface area contributed by atoms with Crippen LogP contribution in [0.2, 0.25) is 0 Å². The fourth-order valence-corrected chi connectivity index (χ4v) is 1.70. The Labute approximate surface area is 99.6 Å². The van der Waals surface area contributed by atoms with Crippen LogP contribution < -0.4 is 5.32 Å². The van der Waals surface area contributed by atoms with E-state index in [2.05, 4.69) is 54.7 Å². The van der Waals surface area contributed by atoms with E-state index in [-0.39, 0.29) is 0 Å². The van der Waals surface area contributed by atoms with E-state index in [1.54, 1.807) is 0 Å². The van der Waals surface area contributed by atoms with Crippen LogP contribution >= 0.6 is 0 Å². The van der Waals surface area contributed by atoms with E-state index in [4.69, 9.17) is 0 Å². The summed E-state index contributed by atoms with van der Waals surface area (Å²) in [5, 5.41) is 2.38. The average Bonchev–Trinajstić information content (AvgIpc) is 2.34. The van der Waals surface area contributed by atoms with Crippen LogP contribution in [0.3, 0.4) is 0 Å². The van der Waals surface area contributed by atoms with Gasteiger partial charge in [-0.15, -0.1) is 0 Å². The van der Waals surface area contributed by atoms with Crippen molar-refractivity contribution in [2.24, 2.45) is 0 Å². The highest BCUT2D eigenvalue weighted by Gasteiger charge is 1.89. The third-order valence-electron chi connectivity index (χ3n) is 2.67. The van der Waals surface area contributed by atoms with Gasteiger partial charge in [-0.1, -0.05) is 56.2 Å². The molecule has 88 valence electrons. The summed E-state index contributed by atoms with van der Waals surface area (Å²) in [6.45, 7) is 4.62. The second-order valence-corrected chi connectivity index (χ2v) is 4.19. The number of rotatable bonds is 8. The summed E-state index contributed by atoms with van der Waals surface area (Å²) >= 11 is 0. The minimum atomic E-state index is 1.10. The number of hydrogen-bond acceptors (Lipinski definition) is 0. The summed E-state index contributed by atoms with van der Waals surface area (Å²) in [5.74, 6) is 0. The lowest BCUT2D eigenvalue weighted by atomic mass is 10.2. The maximum atomic E-state index is 2.38. The van der Waals surface area contributed by atoms with Gasteiger partial charge in [0.05, 0.1) is 13.1 Å². The number of hydrogen-bond donors (Lipinski definition) is 1. The predicted octanol–water partition coefficient (Wildman–Crippen LogP) is 2.84. The van der Waals surface area contributed by atoms with E-state index in [0.717, 1.165) is 6.54 Å². The van der Waals surface area contributed by atoms with Gasteiger partial charge < -0.3 is 5.32 Å². The first kappa shape index (κ1) is 13.0. The van der Waals surface area contributed by atoms with Gasteiger partial charge in [-0.2, -0.15) is 0 Å². The average molecular weight is 218 g/mol. The van der Waals surface area contributed by atoms with E-state index in [9.17, 15) is 0 Å². The van der Waals surface area contributed by atoms with Gasteiger partial charge in [-0.3, -0.25) is 0 Å². The second-order valence-electron chi connectivity index (χ2n) is 4.19. The first-order chi connectivity index (χ1) is 7.93. The van der Waals surface area contributed by atoms with Crippen LogP contribution in [0, 0.1) is 0 Å². The number of unbranched alkanes of at least 4 members (excludes halogenated alkanes) is 3. The van der Waals surface area contributed by atoms with Crippen molar-refractivity contribution in [2.45, 2.75) is 32.6 Å². The van der Waals surface area contributed by atoms with Crippen molar-refractivity contribution >= 4 is 6.08 Å². The van der Waals surface area contributed by atoms with Crippen LogP contribution in [0.15, 0.2) is 36.4 Å². The molecule has 0 saturated heterocycles. The molecule has 0 atom stereocenters. The fraction of sp³-hybridized carbons (Fsp3) is 0.467. The molecule has 0 aliphatic heterocycles. The Bertz CT molecular complexity index is 277. The monoisotopic (exact) mass is 218 g/mol. The van der Waals surface area contributed by atoms with Crippen LogP contribution in [0.25, 0.3) is 6.08 Å². The quantitative estimate of drug-likeness (QED) is 0.646. The Kier molecular flexibility index (Phi) is 7.44. The van der Waals surface area contributed by atoms with Gasteiger partial charge in [-0.05, 0) is 24.5 Å². The lowest BCUT2D eigenvalue weighted by molar-refractivity contribution is -0.646. The first-order valence-corrected chi connectivity index (χ1v) is 6.46. The van der Waals surface area contributed by atoms with Gasteiger partial charge >= 0.3 is 0 Å². The maximum Gasteiger partial charge on any atom is 0.0945 e. The molecule has 0 aliphatic rings. The van der Waals surface area contributed by atoms with Gasteiger partial charge in [0.25, 0.3) is 0 Å². The second kappa shape index (κ2) is 9.17. The zero-order valence-corrected chi connectivity index (χ0v) is 10.4. The van der Waals surface area contributed by atoms with Crippen LogP contribution in [0.4, 0.5) is 0 Å². The summed E-state index contributed by atoms with van der Waals surface area (Å²) < 4.78 is 0. The lowest BCUT2D eigenvalue weighted by Gasteiger charge is -1.98. The fourth-order valence-electron chi connectivity index (χ4n) is 1.70. The van der Waals surface area contributed by atoms with Crippen molar-refractivity contribution in [2.75, 3.05) is 13.1 Å². The summed E-state index contributed by atoms with van der Waals surface area (Å²) in [6, 6.07) is 10.5.